The number of rotatable bonds is 5. The van der Waals surface area contributed by atoms with Gasteiger partial charge in [0.05, 0.1) is 0 Å². The monoisotopic (exact) mass is 236 g/mol. The predicted octanol–water partition coefficient (Wildman–Crippen LogP) is 4.08. The molecule has 0 aromatic carbocycles. The summed E-state index contributed by atoms with van der Waals surface area (Å²) in [7, 11) is 0. The summed E-state index contributed by atoms with van der Waals surface area (Å²) < 4.78 is 0. The molecule has 1 aromatic rings. The highest BCUT2D eigenvalue weighted by Crippen LogP contribution is 2.34. The Bertz CT molecular complexity index is 329. The number of aryl methyl sites for hydroxylation is 1. The Balaban J connectivity index is 1.76. The number of thiophene rings is 1. The van der Waals surface area contributed by atoms with Crippen molar-refractivity contribution in [1.29, 1.82) is 0 Å². The molecule has 1 fully saturated rings. The Hall–Kier alpha value is -0.630. The van der Waals surface area contributed by atoms with Crippen molar-refractivity contribution < 1.29 is 4.79 Å². The lowest BCUT2D eigenvalue weighted by Crippen LogP contribution is -2.11. The van der Waals surface area contributed by atoms with Crippen molar-refractivity contribution in [2.24, 2.45) is 11.8 Å². The lowest BCUT2D eigenvalue weighted by atomic mass is 9.96. The molecule has 0 spiro atoms. The third-order valence-corrected chi connectivity index (χ3v) is 4.71. The van der Waals surface area contributed by atoms with Gasteiger partial charge in [-0.05, 0) is 43.0 Å². The normalized spacial score (nSPS) is 24.8. The van der Waals surface area contributed by atoms with Crippen LogP contribution in [0.3, 0.4) is 0 Å². The van der Waals surface area contributed by atoms with E-state index in [2.05, 4.69) is 24.4 Å². The van der Waals surface area contributed by atoms with Crippen LogP contribution in [0.25, 0.3) is 0 Å². The number of ketones is 1. The van der Waals surface area contributed by atoms with Gasteiger partial charge in [0.1, 0.15) is 5.78 Å². The molecule has 2 heteroatoms. The van der Waals surface area contributed by atoms with E-state index in [1.54, 1.807) is 11.3 Å². The van der Waals surface area contributed by atoms with Gasteiger partial charge in [-0.25, -0.2) is 0 Å². The number of carbonyl (C=O) groups is 1. The van der Waals surface area contributed by atoms with Gasteiger partial charge in [-0.1, -0.05) is 19.4 Å². The van der Waals surface area contributed by atoms with Crippen molar-refractivity contribution in [3.8, 4) is 0 Å². The lowest BCUT2D eigenvalue weighted by molar-refractivity contribution is -0.122. The van der Waals surface area contributed by atoms with Gasteiger partial charge in [0.15, 0.2) is 0 Å². The SMILES string of the molecule is CCC1CCC(C(=O)CCc2cccs2)C1. The van der Waals surface area contributed by atoms with Crippen molar-refractivity contribution in [3.05, 3.63) is 22.4 Å². The first-order chi connectivity index (χ1) is 7.79. The smallest absolute Gasteiger partial charge is 0.136 e. The summed E-state index contributed by atoms with van der Waals surface area (Å²) in [4.78, 5) is 13.4. The molecule has 1 aromatic heterocycles. The molecule has 1 aliphatic rings. The van der Waals surface area contributed by atoms with E-state index < -0.39 is 0 Å². The van der Waals surface area contributed by atoms with Crippen LogP contribution in [0, 0.1) is 11.8 Å². The summed E-state index contributed by atoms with van der Waals surface area (Å²) in [6.07, 6.45) is 6.51. The van der Waals surface area contributed by atoms with Gasteiger partial charge in [-0.3, -0.25) is 4.79 Å². The Kier molecular flexibility index (Phi) is 4.16. The molecule has 0 amide bonds. The van der Waals surface area contributed by atoms with Crippen LogP contribution in [0.2, 0.25) is 0 Å². The van der Waals surface area contributed by atoms with Gasteiger partial charge in [0.25, 0.3) is 0 Å². The molecule has 1 aliphatic carbocycles. The molecule has 88 valence electrons. The standard InChI is InChI=1S/C14H20OS/c1-2-11-5-6-12(10-11)14(15)8-7-13-4-3-9-16-13/h3-4,9,11-12H,2,5-8,10H2,1H3. The molecule has 1 saturated carbocycles. The van der Waals surface area contributed by atoms with Crippen molar-refractivity contribution in [2.75, 3.05) is 0 Å². The molecule has 0 N–H and O–H groups in total. The van der Waals surface area contributed by atoms with Crippen molar-refractivity contribution >= 4 is 17.1 Å². The number of hydrogen-bond donors (Lipinski definition) is 0. The fraction of sp³-hybridized carbons (Fsp3) is 0.643. The van der Waals surface area contributed by atoms with E-state index in [0.717, 1.165) is 31.6 Å². The van der Waals surface area contributed by atoms with Crippen molar-refractivity contribution in [1.82, 2.24) is 0 Å². The Morgan fingerprint density at radius 1 is 1.50 bits per heavy atom. The highest BCUT2D eigenvalue weighted by Gasteiger charge is 2.28. The Labute approximate surface area is 102 Å². The zero-order valence-corrected chi connectivity index (χ0v) is 10.8. The maximum Gasteiger partial charge on any atom is 0.136 e. The van der Waals surface area contributed by atoms with E-state index in [0.29, 0.717) is 11.7 Å². The molecule has 0 saturated heterocycles. The summed E-state index contributed by atoms with van der Waals surface area (Å²) in [6, 6.07) is 4.19. The average Bonchev–Trinajstić information content (AvgIpc) is 2.96. The van der Waals surface area contributed by atoms with Crippen LogP contribution in [0.4, 0.5) is 0 Å². The lowest BCUT2D eigenvalue weighted by Gasteiger charge is -2.08. The van der Waals surface area contributed by atoms with Crippen LogP contribution < -0.4 is 0 Å². The number of hydrogen-bond acceptors (Lipinski definition) is 2. The Morgan fingerprint density at radius 2 is 2.38 bits per heavy atom. The van der Waals surface area contributed by atoms with E-state index in [1.165, 1.54) is 17.7 Å². The summed E-state index contributed by atoms with van der Waals surface area (Å²) in [6.45, 7) is 2.24. The van der Waals surface area contributed by atoms with Crippen LogP contribution in [-0.4, -0.2) is 5.78 Å². The van der Waals surface area contributed by atoms with Crippen LogP contribution >= 0.6 is 11.3 Å². The second kappa shape index (κ2) is 5.62. The fourth-order valence-corrected chi connectivity index (χ4v) is 3.35. The molecule has 2 unspecified atom stereocenters. The first-order valence-corrected chi connectivity index (χ1v) is 7.22. The van der Waals surface area contributed by atoms with Crippen LogP contribution in [0.1, 0.15) is 43.9 Å². The molecular weight excluding hydrogens is 216 g/mol. The van der Waals surface area contributed by atoms with E-state index in [1.807, 2.05) is 0 Å². The Morgan fingerprint density at radius 3 is 3.00 bits per heavy atom. The van der Waals surface area contributed by atoms with Gasteiger partial charge in [0, 0.05) is 17.2 Å². The van der Waals surface area contributed by atoms with Crippen LogP contribution in [0.15, 0.2) is 17.5 Å². The molecule has 2 atom stereocenters. The summed E-state index contributed by atoms with van der Waals surface area (Å²) in [5.41, 5.74) is 0. The molecular formula is C14H20OS. The molecule has 16 heavy (non-hydrogen) atoms. The largest absolute Gasteiger partial charge is 0.299 e. The maximum absolute atomic E-state index is 12.0. The molecule has 0 bridgehead atoms. The minimum Gasteiger partial charge on any atom is -0.299 e. The fourth-order valence-electron chi connectivity index (χ4n) is 2.64. The highest BCUT2D eigenvalue weighted by atomic mass is 32.1. The molecule has 2 rings (SSSR count). The zero-order chi connectivity index (χ0) is 11.4. The first-order valence-electron chi connectivity index (χ1n) is 6.34. The number of carbonyl (C=O) groups excluding carboxylic acids is 1. The summed E-state index contributed by atoms with van der Waals surface area (Å²) in [5, 5.41) is 2.09. The van der Waals surface area contributed by atoms with E-state index in [-0.39, 0.29) is 0 Å². The van der Waals surface area contributed by atoms with Crippen molar-refractivity contribution in [3.63, 3.8) is 0 Å². The van der Waals surface area contributed by atoms with E-state index in [9.17, 15) is 4.79 Å². The van der Waals surface area contributed by atoms with E-state index >= 15 is 0 Å². The molecule has 0 radical (unpaired) electrons. The van der Waals surface area contributed by atoms with Gasteiger partial charge in [-0.2, -0.15) is 0 Å². The molecule has 0 aliphatic heterocycles. The molecule has 1 nitrogen and oxygen atoms in total. The maximum atomic E-state index is 12.0. The minimum absolute atomic E-state index is 0.380. The highest BCUT2D eigenvalue weighted by molar-refractivity contribution is 7.09. The van der Waals surface area contributed by atoms with E-state index in [4.69, 9.17) is 0 Å². The van der Waals surface area contributed by atoms with Crippen molar-refractivity contribution in [2.45, 2.75) is 45.4 Å². The van der Waals surface area contributed by atoms with Gasteiger partial charge in [0.2, 0.25) is 0 Å². The third-order valence-electron chi connectivity index (χ3n) is 3.77. The zero-order valence-electron chi connectivity index (χ0n) is 9.95. The summed E-state index contributed by atoms with van der Waals surface area (Å²) in [5.74, 6) is 1.70. The van der Waals surface area contributed by atoms with Gasteiger partial charge in [-0.15, -0.1) is 11.3 Å². The predicted molar refractivity (Wildman–Crippen MR) is 68.8 cm³/mol. The van der Waals surface area contributed by atoms with Crippen LogP contribution in [0.5, 0.6) is 0 Å². The van der Waals surface area contributed by atoms with Gasteiger partial charge < -0.3 is 0 Å². The number of Topliss-reactive ketones (excluding diaryl/α,β-unsaturated/α-hetero) is 1. The second-order valence-electron chi connectivity index (χ2n) is 4.83. The molecule has 1 heterocycles. The quantitative estimate of drug-likeness (QED) is 0.753. The third kappa shape index (κ3) is 2.94. The van der Waals surface area contributed by atoms with Crippen LogP contribution in [-0.2, 0) is 11.2 Å². The van der Waals surface area contributed by atoms with Gasteiger partial charge >= 0.3 is 0 Å². The first kappa shape index (κ1) is 11.8. The minimum atomic E-state index is 0.380. The summed E-state index contributed by atoms with van der Waals surface area (Å²) >= 11 is 1.76. The average molecular weight is 236 g/mol. The topological polar surface area (TPSA) is 17.1 Å². The second-order valence-corrected chi connectivity index (χ2v) is 5.86.